The number of hydrogen-bond donors (Lipinski definition) is 3. The van der Waals surface area contributed by atoms with Crippen molar-refractivity contribution >= 4 is 27.8 Å². The van der Waals surface area contributed by atoms with Crippen molar-refractivity contribution in [3.8, 4) is 17.2 Å². The number of rotatable bonds is 2. The molecule has 1 aromatic carbocycles. The highest BCUT2D eigenvalue weighted by atomic mass is 32.1. The Bertz CT molecular complexity index is 1070. The molecule has 0 saturated heterocycles. The second-order valence-electron chi connectivity index (χ2n) is 5.90. The summed E-state index contributed by atoms with van der Waals surface area (Å²) in [4.78, 5) is 19.0. The summed E-state index contributed by atoms with van der Waals surface area (Å²) in [5, 5.41) is 33.4. The smallest absolute Gasteiger partial charge is 0.282 e. The highest BCUT2D eigenvalue weighted by Crippen LogP contribution is 2.36. The van der Waals surface area contributed by atoms with Crippen LogP contribution in [0.2, 0.25) is 0 Å². The van der Waals surface area contributed by atoms with Crippen LogP contribution in [0.25, 0.3) is 10.2 Å². The number of phenols is 3. The van der Waals surface area contributed by atoms with Gasteiger partial charge in [0.05, 0.1) is 11.6 Å². The normalized spacial score (nSPS) is 14.2. The molecule has 0 atom stereocenters. The van der Waals surface area contributed by atoms with Gasteiger partial charge in [0, 0.05) is 10.4 Å². The molecule has 7 nitrogen and oxygen atoms in total. The quantitative estimate of drug-likeness (QED) is 0.482. The zero-order valence-electron chi connectivity index (χ0n) is 13.1. The van der Waals surface area contributed by atoms with Crippen LogP contribution in [0, 0.1) is 0 Å². The van der Waals surface area contributed by atoms with Crippen molar-refractivity contribution in [3.63, 3.8) is 0 Å². The van der Waals surface area contributed by atoms with Gasteiger partial charge in [0.15, 0.2) is 11.5 Å². The zero-order valence-corrected chi connectivity index (χ0v) is 14.0. The summed E-state index contributed by atoms with van der Waals surface area (Å²) in [7, 11) is 0. The molecule has 3 aromatic rings. The number of nitrogens with zero attached hydrogens (tertiary/aromatic N) is 3. The third kappa shape index (κ3) is 2.54. The van der Waals surface area contributed by atoms with Gasteiger partial charge in [-0.25, -0.2) is 4.98 Å². The minimum atomic E-state index is -0.628. The van der Waals surface area contributed by atoms with Gasteiger partial charge in [-0.15, -0.1) is 11.3 Å². The first-order valence-electron chi connectivity index (χ1n) is 7.86. The average Bonchev–Trinajstić information content (AvgIpc) is 3.00. The molecule has 0 amide bonds. The topological polar surface area (TPSA) is 108 Å². The Labute approximate surface area is 146 Å². The van der Waals surface area contributed by atoms with Crippen molar-refractivity contribution in [1.82, 2.24) is 9.66 Å². The average molecular weight is 357 g/mol. The van der Waals surface area contributed by atoms with Crippen LogP contribution < -0.4 is 5.56 Å². The van der Waals surface area contributed by atoms with E-state index in [1.165, 1.54) is 29.6 Å². The molecule has 25 heavy (non-hydrogen) atoms. The second-order valence-corrected chi connectivity index (χ2v) is 6.98. The fourth-order valence-corrected chi connectivity index (χ4v) is 4.25. The van der Waals surface area contributed by atoms with Gasteiger partial charge in [0.2, 0.25) is 5.75 Å². The van der Waals surface area contributed by atoms with E-state index < -0.39 is 17.2 Å². The molecule has 1 aliphatic carbocycles. The van der Waals surface area contributed by atoms with Crippen molar-refractivity contribution in [2.24, 2.45) is 5.10 Å². The zero-order chi connectivity index (χ0) is 17.6. The molecule has 0 spiro atoms. The Kier molecular flexibility index (Phi) is 3.69. The third-order valence-corrected chi connectivity index (χ3v) is 5.54. The van der Waals surface area contributed by atoms with Crippen molar-refractivity contribution < 1.29 is 15.3 Å². The summed E-state index contributed by atoms with van der Waals surface area (Å²) in [6.45, 7) is 0. The molecule has 1 aliphatic rings. The molecule has 2 heterocycles. The Hall–Kier alpha value is -2.87. The maximum Gasteiger partial charge on any atom is 0.282 e. The van der Waals surface area contributed by atoms with Crippen LogP contribution in [0.5, 0.6) is 17.2 Å². The Morgan fingerprint density at radius 2 is 1.96 bits per heavy atom. The lowest BCUT2D eigenvalue weighted by molar-refractivity contribution is 0.367. The van der Waals surface area contributed by atoms with E-state index >= 15 is 0 Å². The summed E-state index contributed by atoms with van der Waals surface area (Å²) in [6, 6.07) is 2.62. The number of aromatic hydroxyl groups is 3. The first-order valence-corrected chi connectivity index (χ1v) is 8.68. The van der Waals surface area contributed by atoms with Crippen LogP contribution in [-0.4, -0.2) is 31.2 Å². The summed E-state index contributed by atoms with van der Waals surface area (Å²) in [5.41, 5.74) is 1.01. The fourth-order valence-electron chi connectivity index (χ4n) is 3.03. The lowest BCUT2D eigenvalue weighted by atomic mass is 9.97. The number of hydrogen-bond acceptors (Lipinski definition) is 7. The number of fused-ring (bicyclic) bond motifs is 3. The second kappa shape index (κ2) is 5.89. The van der Waals surface area contributed by atoms with E-state index in [0.29, 0.717) is 5.39 Å². The van der Waals surface area contributed by atoms with Crippen LogP contribution in [-0.2, 0) is 12.8 Å². The summed E-state index contributed by atoms with van der Waals surface area (Å²) in [5.74, 6) is -1.56. The van der Waals surface area contributed by atoms with E-state index in [1.54, 1.807) is 11.3 Å². The first-order chi connectivity index (χ1) is 12.1. The van der Waals surface area contributed by atoms with Gasteiger partial charge < -0.3 is 15.3 Å². The summed E-state index contributed by atoms with van der Waals surface area (Å²) >= 11 is 1.57. The lowest BCUT2D eigenvalue weighted by Gasteiger charge is -2.09. The molecule has 3 N–H and O–H groups in total. The largest absolute Gasteiger partial charge is 0.504 e. The number of phenolic OH excluding ortho intramolecular Hbond substituents is 3. The molecular formula is C17H15N3O4S. The van der Waals surface area contributed by atoms with Crippen molar-refractivity contribution in [2.45, 2.75) is 25.7 Å². The van der Waals surface area contributed by atoms with Gasteiger partial charge in [-0.05, 0) is 43.4 Å². The van der Waals surface area contributed by atoms with E-state index in [4.69, 9.17) is 0 Å². The van der Waals surface area contributed by atoms with Gasteiger partial charge in [-0.2, -0.15) is 9.78 Å². The number of aryl methyl sites for hydroxylation is 2. The minimum Gasteiger partial charge on any atom is -0.504 e. The Morgan fingerprint density at radius 1 is 1.16 bits per heavy atom. The first kappa shape index (κ1) is 15.6. The van der Waals surface area contributed by atoms with Crippen molar-refractivity contribution in [2.75, 3.05) is 0 Å². The Balaban J connectivity index is 1.79. The van der Waals surface area contributed by atoms with Crippen molar-refractivity contribution in [1.29, 1.82) is 0 Å². The molecule has 128 valence electrons. The SMILES string of the molecule is O=c1c2c3c(sc2ncn1N=Cc1ccc(O)c(O)c1O)CCCC3. The predicted molar refractivity (Wildman–Crippen MR) is 95.0 cm³/mol. The van der Waals surface area contributed by atoms with Gasteiger partial charge in [0.1, 0.15) is 11.2 Å². The molecule has 0 aliphatic heterocycles. The molecule has 0 radical (unpaired) electrons. The molecule has 0 unspecified atom stereocenters. The number of aromatic nitrogens is 2. The van der Waals surface area contributed by atoms with Crippen LogP contribution in [0.1, 0.15) is 28.8 Å². The maximum atomic E-state index is 12.8. The Morgan fingerprint density at radius 3 is 2.80 bits per heavy atom. The highest BCUT2D eigenvalue weighted by Gasteiger charge is 2.19. The molecular weight excluding hydrogens is 342 g/mol. The highest BCUT2D eigenvalue weighted by molar-refractivity contribution is 7.18. The third-order valence-electron chi connectivity index (χ3n) is 4.34. The van der Waals surface area contributed by atoms with Gasteiger partial charge in [-0.3, -0.25) is 4.79 Å². The molecule has 2 aromatic heterocycles. The molecule has 4 rings (SSSR count). The fraction of sp³-hybridized carbons (Fsp3) is 0.235. The van der Waals surface area contributed by atoms with Crippen molar-refractivity contribution in [3.05, 3.63) is 44.8 Å². The molecule has 0 saturated carbocycles. The summed E-state index contributed by atoms with van der Waals surface area (Å²) in [6.07, 6.45) is 6.65. The predicted octanol–water partition coefficient (Wildman–Crippen LogP) is 2.34. The van der Waals surface area contributed by atoms with Crippen LogP contribution >= 0.6 is 11.3 Å². The monoisotopic (exact) mass is 357 g/mol. The molecule has 8 heteroatoms. The molecule has 0 bridgehead atoms. The van der Waals surface area contributed by atoms with E-state index in [2.05, 4.69) is 10.1 Å². The van der Waals surface area contributed by atoms with Gasteiger partial charge in [-0.1, -0.05) is 0 Å². The molecule has 0 fully saturated rings. The van der Waals surface area contributed by atoms with Crippen LogP contribution in [0.3, 0.4) is 0 Å². The maximum absolute atomic E-state index is 12.8. The standard InChI is InChI=1S/C17H15N3O4S/c21-11-6-5-9(14(22)15(11)23)7-19-20-8-18-16-13(17(20)24)10-3-1-2-4-12(10)25-16/h5-8,21-23H,1-4H2. The van der Waals surface area contributed by atoms with Crippen LogP contribution in [0.4, 0.5) is 0 Å². The minimum absolute atomic E-state index is 0.176. The van der Waals surface area contributed by atoms with E-state index in [-0.39, 0.29) is 11.1 Å². The van der Waals surface area contributed by atoms with E-state index in [1.807, 2.05) is 0 Å². The number of thiophene rings is 1. The van der Waals surface area contributed by atoms with Gasteiger partial charge in [0.25, 0.3) is 5.56 Å². The summed E-state index contributed by atoms with van der Waals surface area (Å²) < 4.78 is 1.12. The number of benzene rings is 1. The lowest BCUT2D eigenvalue weighted by Crippen LogP contribution is -2.18. The van der Waals surface area contributed by atoms with E-state index in [9.17, 15) is 20.1 Å². The van der Waals surface area contributed by atoms with Gasteiger partial charge >= 0.3 is 0 Å². The van der Waals surface area contributed by atoms with E-state index in [0.717, 1.165) is 40.8 Å². The van der Waals surface area contributed by atoms with Crippen LogP contribution in [0.15, 0.2) is 28.4 Å².